The number of nitrogens with one attached hydrogen (secondary N) is 1. The molecule has 0 saturated heterocycles. The minimum absolute atomic E-state index is 0.152. The fourth-order valence-corrected chi connectivity index (χ4v) is 2.75. The van der Waals surface area contributed by atoms with E-state index >= 15 is 0 Å². The number of halogens is 1. The van der Waals surface area contributed by atoms with Gasteiger partial charge < -0.3 is 5.32 Å². The summed E-state index contributed by atoms with van der Waals surface area (Å²) in [4.78, 5) is 12.2. The lowest BCUT2D eigenvalue weighted by Gasteiger charge is -2.28. The van der Waals surface area contributed by atoms with E-state index in [-0.39, 0.29) is 23.6 Å². The van der Waals surface area contributed by atoms with Crippen molar-refractivity contribution in [2.45, 2.75) is 45.7 Å². The van der Waals surface area contributed by atoms with E-state index in [4.69, 9.17) is 18.0 Å². The standard InChI is InChI=1S/C14H18ClN3O/c1-4-8-18-13(19)12(10(15)9-16-18)17-11-6-5-7-14(11,2)3/h1,9,11,17H,5-8H2,2-3H3. The first-order chi connectivity index (χ1) is 8.95. The molecule has 102 valence electrons. The summed E-state index contributed by atoms with van der Waals surface area (Å²) in [6.45, 7) is 4.55. The van der Waals surface area contributed by atoms with E-state index in [0.717, 1.165) is 19.3 Å². The van der Waals surface area contributed by atoms with Crippen molar-refractivity contribution in [3.63, 3.8) is 0 Å². The summed E-state index contributed by atoms with van der Waals surface area (Å²) >= 11 is 6.08. The third kappa shape index (κ3) is 2.76. The van der Waals surface area contributed by atoms with Crippen LogP contribution in [0.4, 0.5) is 5.69 Å². The first-order valence-electron chi connectivity index (χ1n) is 6.41. The van der Waals surface area contributed by atoms with Gasteiger partial charge in [-0.25, -0.2) is 4.68 Å². The van der Waals surface area contributed by atoms with E-state index in [1.165, 1.54) is 10.9 Å². The van der Waals surface area contributed by atoms with E-state index in [1.54, 1.807) is 0 Å². The Bertz CT molecular complexity index is 571. The molecule has 1 unspecified atom stereocenters. The van der Waals surface area contributed by atoms with Crippen LogP contribution in [0.3, 0.4) is 0 Å². The molecule has 0 bridgehead atoms. The number of anilines is 1. The zero-order valence-corrected chi connectivity index (χ0v) is 12.0. The first-order valence-corrected chi connectivity index (χ1v) is 6.79. The fourth-order valence-electron chi connectivity index (χ4n) is 2.57. The second-order valence-corrected chi connectivity index (χ2v) is 6.02. The molecule has 4 nitrogen and oxygen atoms in total. The van der Waals surface area contributed by atoms with E-state index in [0.29, 0.717) is 10.7 Å². The molecule has 1 aliphatic carbocycles. The van der Waals surface area contributed by atoms with Crippen molar-refractivity contribution in [2.75, 3.05) is 5.32 Å². The average molecular weight is 280 g/mol. The lowest BCUT2D eigenvalue weighted by Crippen LogP contribution is -2.35. The van der Waals surface area contributed by atoms with Crippen molar-refractivity contribution in [1.82, 2.24) is 9.78 Å². The molecule has 1 fully saturated rings. The van der Waals surface area contributed by atoms with Gasteiger partial charge in [0.25, 0.3) is 5.56 Å². The molecule has 0 amide bonds. The van der Waals surface area contributed by atoms with Crippen LogP contribution in [0.15, 0.2) is 11.0 Å². The van der Waals surface area contributed by atoms with Gasteiger partial charge in [0.1, 0.15) is 12.2 Å². The molecule has 0 radical (unpaired) electrons. The normalized spacial score (nSPS) is 21.1. The minimum Gasteiger partial charge on any atom is -0.376 e. The van der Waals surface area contributed by atoms with Crippen molar-refractivity contribution in [3.8, 4) is 12.3 Å². The summed E-state index contributed by atoms with van der Waals surface area (Å²) in [6, 6.07) is 0.249. The number of hydrogen-bond donors (Lipinski definition) is 1. The Kier molecular flexibility index (Phi) is 3.86. The Morgan fingerprint density at radius 1 is 1.68 bits per heavy atom. The van der Waals surface area contributed by atoms with Crippen molar-refractivity contribution < 1.29 is 0 Å². The molecule has 0 aliphatic heterocycles. The van der Waals surface area contributed by atoms with E-state index < -0.39 is 0 Å². The second kappa shape index (κ2) is 5.26. The van der Waals surface area contributed by atoms with Gasteiger partial charge in [-0.15, -0.1) is 6.42 Å². The summed E-state index contributed by atoms with van der Waals surface area (Å²) in [5.41, 5.74) is 0.316. The molecular formula is C14H18ClN3O. The minimum atomic E-state index is -0.256. The van der Waals surface area contributed by atoms with E-state index in [9.17, 15) is 4.79 Å². The smallest absolute Gasteiger partial charge is 0.292 e. The highest BCUT2D eigenvalue weighted by Gasteiger charge is 2.35. The third-order valence-electron chi connectivity index (χ3n) is 3.81. The predicted molar refractivity (Wildman–Crippen MR) is 77.4 cm³/mol. The molecule has 1 N–H and O–H groups in total. The topological polar surface area (TPSA) is 46.9 Å². The van der Waals surface area contributed by atoms with Crippen LogP contribution in [0.5, 0.6) is 0 Å². The van der Waals surface area contributed by atoms with Crippen molar-refractivity contribution >= 4 is 17.3 Å². The molecule has 1 aliphatic rings. The summed E-state index contributed by atoms with van der Waals surface area (Å²) in [7, 11) is 0. The molecule has 5 heteroatoms. The number of nitrogens with zero attached hydrogens (tertiary/aromatic N) is 2. The maximum Gasteiger partial charge on any atom is 0.292 e. The number of aromatic nitrogens is 2. The van der Waals surface area contributed by atoms with Gasteiger partial charge in [0, 0.05) is 6.04 Å². The SMILES string of the molecule is C#CCn1ncc(Cl)c(NC2CCCC2(C)C)c1=O. The van der Waals surface area contributed by atoms with Gasteiger partial charge in [0.05, 0.1) is 11.2 Å². The Morgan fingerprint density at radius 2 is 2.42 bits per heavy atom. The molecule has 2 rings (SSSR count). The molecule has 0 spiro atoms. The van der Waals surface area contributed by atoms with Crippen LogP contribution >= 0.6 is 11.6 Å². The van der Waals surface area contributed by atoms with Crippen LogP contribution in [-0.2, 0) is 6.54 Å². The largest absolute Gasteiger partial charge is 0.376 e. The van der Waals surface area contributed by atoms with Crippen molar-refractivity contribution in [2.24, 2.45) is 5.41 Å². The first kappa shape index (κ1) is 14.0. The van der Waals surface area contributed by atoms with Gasteiger partial charge in [0.15, 0.2) is 0 Å². The summed E-state index contributed by atoms with van der Waals surface area (Å²) in [5, 5.41) is 7.57. The number of rotatable bonds is 3. The molecule has 0 aromatic carbocycles. The van der Waals surface area contributed by atoms with Crippen molar-refractivity contribution in [3.05, 3.63) is 21.6 Å². The van der Waals surface area contributed by atoms with Crippen LogP contribution in [0, 0.1) is 17.8 Å². The summed E-state index contributed by atoms with van der Waals surface area (Å²) < 4.78 is 1.25. The molecule has 19 heavy (non-hydrogen) atoms. The predicted octanol–water partition coefficient (Wildman–Crippen LogP) is 2.52. The fraction of sp³-hybridized carbons (Fsp3) is 0.571. The van der Waals surface area contributed by atoms with Gasteiger partial charge in [0.2, 0.25) is 0 Å². The summed E-state index contributed by atoms with van der Waals surface area (Å²) in [6.07, 6.45) is 10.0. The van der Waals surface area contributed by atoms with Gasteiger partial charge in [-0.2, -0.15) is 5.10 Å². The highest BCUT2D eigenvalue weighted by molar-refractivity contribution is 6.33. The third-order valence-corrected chi connectivity index (χ3v) is 4.10. The molecular weight excluding hydrogens is 262 g/mol. The molecule has 1 saturated carbocycles. The zero-order valence-electron chi connectivity index (χ0n) is 11.2. The van der Waals surface area contributed by atoms with Crippen LogP contribution in [0.25, 0.3) is 0 Å². The average Bonchev–Trinajstić information content (AvgIpc) is 2.68. The van der Waals surface area contributed by atoms with E-state index in [2.05, 4.69) is 30.2 Å². The van der Waals surface area contributed by atoms with E-state index in [1.807, 2.05) is 0 Å². The zero-order chi connectivity index (χ0) is 14.0. The molecule has 1 atom stereocenters. The Labute approximate surface area is 118 Å². The monoisotopic (exact) mass is 279 g/mol. The van der Waals surface area contributed by atoms with Gasteiger partial charge >= 0.3 is 0 Å². The lowest BCUT2D eigenvalue weighted by atomic mass is 9.87. The quantitative estimate of drug-likeness (QED) is 0.865. The van der Waals surface area contributed by atoms with Crippen LogP contribution in [0.2, 0.25) is 5.02 Å². The Hall–Kier alpha value is -1.47. The maximum absolute atomic E-state index is 12.2. The second-order valence-electron chi connectivity index (χ2n) is 5.61. The van der Waals surface area contributed by atoms with Crippen LogP contribution in [0.1, 0.15) is 33.1 Å². The van der Waals surface area contributed by atoms with Crippen LogP contribution < -0.4 is 10.9 Å². The van der Waals surface area contributed by atoms with Gasteiger partial charge in [-0.3, -0.25) is 4.79 Å². The highest BCUT2D eigenvalue weighted by Crippen LogP contribution is 2.39. The highest BCUT2D eigenvalue weighted by atomic mass is 35.5. The van der Waals surface area contributed by atoms with Gasteiger partial charge in [-0.1, -0.05) is 37.8 Å². The molecule has 1 aromatic rings. The molecule has 1 heterocycles. The van der Waals surface area contributed by atoms with Crippen LogP contribution in [-0.4, -0.2) is 15.8 Å². The Balaban J connectivity index is 2.32. The van der Waals surface area contributed by atoms with Crippen molar-refractivity contribution in [1.29, 1.82) is 0 Å². The summed E-state index contributed by atoms with van der Waals surface area (Å²) in [5.74, 6) is 2.41. The lowest BCUT2D eigenvalue weighted by molar-refractivity contribution is 0.349. The van der Waals surface area contributed by atoms with Gasteiger partial charge in [-0.05, 0) is 18.3 Å². The molecule has 1 aromatic heterocycles. The maximum atomic E-state index is 12.2. The number of hydrogen-bond acceptors (Lipinski definition) is 3. The number of terminal acetylenes is 1. The Morgan fingerprint density at radius 3 is 3.00 bits per heavy atom.